The molecule has 0 aromatic carbocycles. The minimum absolute atomic E-state index is 0.135. The maximum Gasteiger partial charge on any atom is 0.450 e. The fourth-order valence-electron chi connectivity index (χ4n) is 0.484. The number of halogens is 11. The van der Waals surface area contributed by atoms with Crippen molar-refractivity contribution < 1.29 is 48.3 Å². The highest BCUT2D eigenvalue weighted by molar-refractivity contribution is 4.74. The van der Waals surface area contributed by atoms with Gasteiger partial charge in [0.1, 0.15) is 0 Å². The molecule has 0 amide bonds. The first-order chi connectivity index (χ1) is 10.8. The molecule has 158 valence electrons. The Bertz CT molecular complexity index is 285. The van der Waals surface area contributed by atoms with Crippen LogP contribution >= 0.6 is 0 Å². The predicted molar refractivity (Wildman–Crippen MR) is 74.5 cm³/mol. The Labute approximate surface area is 140 Å². The van der Waals surface area contributed by atoms with Crippen LogP contribution in [0.25, 0.3) is 0 Å². The minimum atomic E-state index is -5.33. The molecule has 0 saturated heterocycles. The first-order valence-corrected chi connectivity index (χ1v) is 7.30. The summed E-state index contributed by atoms with van der Waals surface area (Å²) >= 11 is 0. The fourth-order valence-corrected chi connectivity index (χ4v) is 0.484. The van der Waals surface area contributed by atoms with Crippen molar-refractivity contribution in [1.82, 2.24) is 0 Å². The van der Waals surface area contributed by atoms with Gasteiger partial charge in [-0.25, -0.2) is 8.78 Å². The average molecular weight is 402 g/mol. The predicted octanol–water partition coefficient (Wildman–Crippen LogP) is 8.17. The van der Waals surface area contributed by atoms with E-state index in [0.29, 0.717) is 0 Å². The van der Waals surface area contributed by atoms with Crippen LogP contribution < -0.4 is 0 Å². The van der Waals surface area contributed by atoms with Gasteiger partial charge in [-0.3, -0.25) is 0 Å². The fraction of sp³-hybridized carbons (Fsp3) is 1.00. The molecule has 0 saturated carbocycles. The Morgan fingerprint density at radius 2 is 1.00 bits per heavy atom. The van der Waals surface area contributed by atoms with Crippen molar-refractivity contribution in [1.29, 1.82) is 0 Å². The molecule has 0 aromatic rings. The number of hydrogen-bond donors (Lipinski definition) is 0. The molecule has 0 N–H and O–H groups in total. The van der Waals surface area contributed by atoms with E-state index in [-0.39, 0.29) is 12.8 Å². The van der Waals surface area contributed by atoms with Crippen molar-refractivity contribution in [3.8, 4) is 0 Å². The second kappa shape index (κ2) is 13.4. The van der Waals surface area contributed by atoms with E-state index in [1.54, 1.807) is 0 Å². The van der Waals surface area contributed by atoms with Crippen LogP contribution in [0.4, 0.5) is 48.3 Å². The lowest BCUT2D eigenvalue weighted by Gasteiger charge is -2.25. The van der Waals surface area contributed by atoms with Gasteiger partial charge in [0.25, 0.3) is 0 Å². The molecule has 0 nitrogen and oxygen atoms in total. The van der Waals surface area contributed by atoms with Gasteiger partial charge in [-0.2, -0.15) is 39.5 Å². The molecule has 0 heterocycles. The highest BCUT2D eigenvalue weighted by Gasteiger charge is 2.45. The first kappa shape index (κ1) is 31.9. The Hall–Kier alpha value is -0.770. The molecular formula is C14H25F11. The van der Waals surface area contributed by atoms with Crippen LogP contribution in [0.5, 0.6) is 0 Å². The SMILES string of the molecule is CC.CCC(C)(C)C(F)(F)F.CCCC(F)(F)F.FC(F)C(F)(F)F. The van der Waals surface area contributed by atoms with Crippen LogP contribution in [0, 0.1) is 5.41 Å². The largest absolute Gasteiger partial charge is 0.450 e. The van der Waals surface area contributed by atoms with Gasteiger partial charge < -0.3 is 0 Å². The molecule has 11 heteroatoms. The Morgan fingerprint density at radius 1 is 0.720 bits per heavy atom. The van der Waals surface area contributed by atoms with Gasteiger partial charge in [-0.1, -0.05) is 41.5 Å². The molecule has 0 bridgehead atoms. The first-order valence-electron chi connectivity index (χ1n) is 7.30. The molecule has 0 aromatic heterocycles. The normalized spacial score (nSPS) is 12.2. The van der Waals surface area contributed by atoms with E-state index >= 15 is 0 Å². The summed E-state index contributed by atoms with van der Waals surface area (Å²) < 4.78 is 121. The summed E-state index contributed by atoms with van der Waals surface area (Å²) in [6, 6.07) is 0. The lowest BCUT2D eigenvalue weighted by Crippen LogP contribution is -2.30. The zero-order chi connectivity index (χ0) is 21.7. The molecule has 0 spiro atoms. The summed E-state index contributed by atoms with van der Waals surface area (Å²) in [6.07, 6.45) is -17.9. The third kappa shape index (κ3) is 23.2. The smallest absolute Gasteiger partial charge is 0.200 e. The monoisotopic (exact) mass is 402 g/mol. The van der Waals surface area contributed by atoms with E-state index in [1.807, 2.05) is 13.8 Å². The van der Waals surface area contributed by atoms with Crippen LogP contribution in [-0.2, 0) is 0 Å². The molecule has 0 aliphatic rings. The zero-order valence-electron chi connectivity index (χ0n) is 14.9. The summed E-state index contributed by atoms with van der Waals surface area (Å²) in [6.45, 7) is 9.45. The van der Waals surface area contributed by atoms with Crippen molar-refractivity contribution in [2.75, 3.05) is 0 Å². The van der Waals surface area contributed by atoms with Crippen LogP contribution in [0.15, 0.2) is 0 Å². The highest BCUT2D eigenvalue weighted by atomic mass is 19.4. The second-order valence-electron chi connectivity index (χ2n) is 4.94. The minimum Gasteiger partial charge on any atom is -0.200 e. The summed E-state index contributed by atoms with van der Waals surface area (Å²) in [5.74, 6) is 0. The van der Waals surface area contributed by atoms with Crippen molar-refractivity contribution in [2.24, 2.45) is 5.41 Å². The van der Waals surface area contributed by atoms with Gasteiger partial charge in [-0.15, -0.1) is 0 Å². The Balaban J connectivity index is -0.000000127. The van der Waals surface area contributed by atoms with E-state index in [2.05, 4.69) is 0 Å². The maximum absolute atomic E-state index is 11.8. The van der Waals surface area contributed by atoms with E-state index in [0.717, 1.165) is 0 Å². The zero-order valence-corrected chi connectivity index (χ0v) is 14.9. The third-order valence-electron chi connectivity index (χ3n) is 2.43. The molecule has 0 aliphatic carbocycles. The van der Waals surface area contributed by atoms with Crippen LogP contribution in [-0.4, -0.2) is 25.0 Å². The summed E-state index contributed by atoms with van der Waals surface area (Å²) in [5.41, 5.74) is -1.52. The molecular weight excluding hydrogens is 377 g/mol. The lowest BCUT2D eigenvalue weighted by atomic mass is 9.90. The second-order valence-corrected chi connectivity index (χ2v) is 4.94. The standard InChI is InChI=1S/C6H11F3.C4H7F3.C2HF5.C2H6/c1-4-5(2,3)6(7,8)9;1-2-3-4(5,6)7;3-1(4)2(5,6)7;1-2/h4H2,1-3H3;2-3H2,1H3;1H;1-2H3. The average Bonchev–Trinajstić information content (AvgIpc) is 2.38. The van der Waals surface area contributed by atoms with E-state index < -0.39 is 36.8 Å². The summed E-state index contributed by atoms with van der Waals surface area (Å²) in [7, 11) is 0. The van der Waals surface area contributed by atoms with Gasteiger partial charge >= 0.3 is 25.0 Å². The van der Waals surface area contributed by atoms with E-state index in [4.69, 9.17) is 0 Å². The van der Waals surface area contributed by atoms with Crippen LogP contribution in [0.1, 0.15) is 60.8 Å². The number of rotatable bonds is 2. The van der Waals surface area contributed by atoms with Gasteiger partial charge in [0.2, 0.25) is 0 Å². The molecule has 0 rings (SSSR count). The van der Waals surface area contributed by atoms with Gasteiger partial charge in [0.15, 0.2) is 0 Å². The molecule has 0 aliphatic heterocycles. The highest BCUT2D eigenvalue weighted by Crippen LogP contribution is 2.39. The van der Waals surface area contributed by atoms with Crippen molar-refractivity contribution in [3.05, 3.63) is 0 Å². The number of alkyl halides is 11. The summed E-state index contributed by atoms with van der Waals surface area (Å²) in [4.78, 5) is 0. The van der Waals surface area contributed by atoms with Crippen LogP contribution in [0.3, 0.4) is 0 Å². The van der Waals surface area contributed by atoms with Crippen LogP contribution in [0.2, 0.25) is 0 Å². The van der Waals surface area contributed by atoms with E-state index in [1.165, 1.54) is 27.7 Å². The molecule has 0 radical (unpaired) electrons. The molecule has 0 fully saturated rings. The third-order valence-corrected chi connectivity index (χ3v) is 2.43. The molecule has 0 atom stereocenters. The lowest BCUT2D eigenvalue weighted by molar-refractivity contribution is -0.219. The van der Waals surface area contributed by atoms with E-state index in [9.17, 15) is 48.3 Å². The van der Waals surface area contributed by atoms with Gasteiger partial charge in [-0.05, 0) is 12.8 Å². The van der Waals surface area contributed by atoms with Crippen molar-refractivity contribution in [2.45, 2.75) is 85.8 Å². The van der Waals surface area contributed by atoms with Crippen molar-refractivity contribution in [3.63, 3.8) is 0 Å². The Morgan fingerprint density at radius 3 is 1.00 bits per heavy atom. The topological polar surface area (TPSA) is 0 Å². The number of hydrogen-bond acceptors (Lipinski definition) is 0. The quantitative estimate of drug-likeness (QED) is 0.409. The van der Waals surface area contributed by atoms with Gasteiger partial charge in [0, 0.05) is 6.42 Å². The van der Waals surface area contributed by atoms with Gasteiger partial charge in [0.05, 0.1) is 5.41 Å². The van der Waals surface area contributed by atoms with Crippen molar-refractivity contribution >= 4 is 0 Å². The Kier molecular flexibility index (Phi) is 17.2. The maximum atomic E-state index is 11.8. The molecule has 25 heavy (non-hydrogen) atoms. The molecule has 0 unspecified atom stereocenters. The summed E-state index contributed by atoms with van der Waals surface area (Å²) in [5, 5.41) is 0.